The Morgan fingerprint density at radius 2 is 1.65 bits per heavy atom. The number of carboxylic acid groups (broad SMARTS) is 1. The molecule has 0 aromatic carbocycles. The summed E-state index contributed by atoms with van der Waals surface area (Å²) in [5.74, 6) is -3.74. The molecule has 0 saturated carbocycles. The van der Waals surface area contributed by atoms with Crippen LogP contribution in [0.5, 0.6) is 0 Å². The van der Waals surface area contributed by atoms with Gasteiger partial charge in [-0.05, 0) is 19.3 Å². The number of carbonyl (C=O) groups excluding carboxylic acids is 3. The summed E-state index contributed by atoms with van der Waals surface area (Å²) >= 11 is 0. The fourth-order valence-electron chi connectivity index (χ4n) is 2.59. The smallest absolute Gasteiger partial charge is 1.00 e. The van der Waals surface area contributed by atoms with Gasteiger partial charge in [0.05, 0.1) is 27.7 Å². The third-order valence-electron chi connectivity index (χ3n) is 4.19. The molecule has 148 valence electrons. The molecule has 7 nitrogen and oxygen atoms in total. The van der Waals surface area contributed by atoms with Crippen molar-refractivity contribution in [2.45, 2.75) is 39.5 Å². The van der Waals surface area contributed by atoms with Gasteiger partial charge in [-0.1, -0.05) is 13.8 Å². The van der Waals surface area contributed by atoms with E-state index in [9.17, 15) is 19.5 Å². The number of hydrogen-bond acceptors (Lipinski definition) is 4. The molecule has 0 aliphatic carbocycles. The average Bonchev–Trinajstić information content (AvgIpc) is 2.45. The van der Waals surface area contributed by atoms with Crippen molar-refractivity contribution in [1.82, 2.24) is 5.32 Å². The molecule has 3 N–H and O–H groups in total. The zero-order chi connectivity index (χ0) is 18.9. The van der Waals surface area contributed by atoms with Gasteiger partial charge in [-0.15, -0.1) is 0 Å². The fraction of sp³-hybridized carbons (Fsp3) is 0.824. The molecule has 26 heavy (non-hydrogen) atoms. The molecule has 0 aliphatic heterocycles. The second kappa shape index (κ2) is 14.7. The number of hydrogen-bond donors (Lipinski definition) is 2. The molecule has 0 rings (SSSR count). The van der Waals surface area contributed by atoms with Crippen LogP contribution in [0.4, 0.5) is 0 Å². The Balaban J connectivity index is -0.00000264. The molecule has 0 bridgehead atoms. The van der Waals surface area contributed by atoms with Gasteiger partial charge in [0.2, 0.25) is 11.8 Å². The SMILES string of the molecule is CCC(CC(CC(C)C(=O)NCCC[N+](C)(C)C)C(=O)[O-])C(N)=O.[Cl-].[Na+]. The predicted molar refractivity (Wildman–Crippen MR) is 90.4 cm³/mol. The van der Waals surface area contributed by atoms with Crippen molar-refractivity contribution in [1.29, 1.82) is 0 Å². The maximum Gasteiger partial charge on any atom is 1.00 e. The van der Waals surface area contributed by atoms with Crippen LogP contribution in [0.2, 0.25) is 0 Å². The number of nitrogens with zero attached hydrogens (tertiary/aromatic N) is 1. The number of quaternary nitrogens is 1. The average molecular weight is 402 g/mol. The number of nitrogens with one attached hydrogen (secondary N) is 1. The number of carboxylic acids is 1. The molecule has 0 radical (unpaired) electrons. The quantitative estimate of drug-likeness (QED) is 0.192. The van der Waals surface area contributed by atoms with Crippen molar-refractivity contribution >= 4 is 17.8 Å². The van der Waals surface area contributed by atoms with Gasteiger partial charge in [0.1, 0.15) is 0 Å². The summed E-state index contributed by atoms with van der Waals surface area (Å²) in [5, 5.41) is 14.1. The molecule has 0 saturated heterocycles. The normalized spacial score (nSPS) is 14.2. The Hall–Kier alpha value is -0.340. The summed E-state index contributed by atoms with van der Waals surface area (Å²) in [7, 11) is 6.24. The fourth-order valence-corrected chi connectivity index (χ4v) is 2.59. The molecule has 0 spiro atoms. The Labute approximate surface area is 185 Å². The van der Waals surface area contributed by atoms with Gasteiger partial charge in [-0.2, -0.15) is 0 Å². The van der Waals surface area contributed by atoms with Crippen LogP contribution in [0.3, 0.4) is 0 Å². The monoisotopic (exact) mass is 401 g/mol. The van der Waals surface area contributed by atoms with Gasteiger partial charge in [0.15, 0.2) is 0 Å². The third kappa shape index (κ3) is 13.8. The summed E-state index contributed by atoms with van der Waals surface area (Å²) in [6.07, 6.45) is 1.59. The molecule has 0 aliphatic rings. The van der Waals surface area contributed by atoms with Crippen LogP contribution in [0.25, 0.3) is 0 Å². The van der Waals surface area contributed by atoms with E-state index in [1.807, 2.05) is 0 Å². The zero-order valence-corrected chi connectivity index (χ0v) is 19.8. The number of carbonyl (C=O) groups is 3. The number of primary amides is 1. The van der Waals surface area contributed by atoms with Crippen molar-refractivity contribution in [3.05, 3.63) is 0 Å². The van der Waals surface area contributed by atoms with E-state index >= 15 is 0 Å². The topological polar surface area (TPSA) is 112 Å². The number of amides is 2. The van der Waals surface area contributed by atoms with Crippen LogP contribution < -0.4 is 58.1 Å². The summed E-state index contributed by atoms with van der Waals surface area (Å²) in [4.78, 5) is 34.7. The van der Waals surface area contributed by atoms with Gasteiger partial charge in [0, 0.05) is 36.7 Å². The van der Waals surface area contributed by atoms with Crippen LogP contribution in [0.15, 0.2) is 0 Å². The van der Waals surface area contributed by atoms with E-state index in [1.54, 1.807) is 13.8 Å². The summed E-state index contributed by atoms with van der Waals surface area (Å²) in [6, 6.07) is 0. The Morgan fingerprint density at radius 1 is 1.12 bits per heavy atom. The summed E-state index contributed by atoms with van der Waals surface area (Å²) in [6.45, 7) is 4.97. The van der Waals surface area contributed by atoms with E-state index in [2.05, 4.69) is 26.5 Å². The Morgan fingerprint density at radius 3 is 2.04 bits per heavy atom. The second-order valence-electron chi connectivity index (χ2n) is 7.55. The van der Waals surface area contributed by atoms with Crippen molar-refractivity contribution in [3.8, 4) is 0 Å². The van der Waals surface area contributed by atoms with Crippen LogP contribution in [-0.4, -0.2) is 56.5 Å². The van der Waals surface area contributed by atoms with Crippen LogP contribution in [0.1, 0.15) is 39.5 Å². The largest absolute Gasteiger partial charge is 1.00 e. The minimum absolute atomic E-state index is 0. The molecular weight excluding hydrogens is 369 g/mol. The number of nitrogens with two attached hydrogens (primary N) is 1. The van der Waals surface area contributed by atoms with Gasteiger partial charge >= 0.3 is 29.6 Å². The van der Waals surface area contributed by atoms with Crippen molar-refractivity contribution < 1.29 is 65.9 Å². The third-order valence-corrected chi connectivity index (χ3v) is 4.19. The molecule has 3 unspecified atom stereocenters. The van der Waals surface area contributed by atoms with Gasteiger partial charge in [0.25, 0.3) is 0 Å². The van der Waals surface area contributed by atoms with Crippen molar-refractivity contribution in [3.63, 3.8) is 0 Å². The van der Waals surface area contributed by atoms with Crippen LogP contribution in [0, 0.1) is 17.8 Å². The molecule has 9 heteroatoms. The van der Waals surface area contributed by atoms with Gasteiger partial charge < -0.3 is 37.8 Å². The van der Waals surface area contributed by atoms with Gasteiger partial charge in [-0.3, -0.25) is 9.59 Å². The molecule has 0 aromatic rings. The molecule has 2 amide bonds. The first-order valence-corrected chi connectivity index (χ1v) is 8.56. The summed E-state index contributed by atoms with van der Waals surface area (Å²) < 4.78 is 0.823. The first-order valence-electron chi connectivity index (χ1n) is 8.56. The van der Waals surface area contributed by atoms with Crippen LogP contribution >= 0.6 is 0 Å². The molecule has 0 fully saturated rings. The molecule has 0 aromatic heterocycles. The van der Waals surface area contributed by atoms with E-state index in [1.165, 1.54) is 0 Å². The van der Waals surface area contributed by atoms with E-state index in [-0.39, 0.29) is 60.7 Å². The van der Waals surface area contributed by atoms with Crippen LogP contribution in [-0.2, 0) is 14.4 Å². The minimum Gasteiger partial charge on any atom is -1.00 e. The van der Waals surface area contributed by atoms with E-state index in [0.29, 0.717) is 13.0 Å². The Bertz CT molecular complexity index is 444. The summed E-state index contributed by atoms with van der Waals surface area (Å²) in [5.41, 5.74) is 5.27. The van der Waals surface area contributed by atoms with Crippen molar-refractivity contribution in [2.75, 3.05) is 34.2 Å². The number of rotatable bonds is 12. The van der Waals surface area contributed by atoms with E-state index in [4.69, 9.17) is 5.73 Å². The number of halogens is 1. The maximum atomic E-state index is 12.1. The maximum absolute atomic E-state index is 12.1. The molecule has 3 atom stereocenters. The first kappa shape index (κ1) is 30.4. The first-order chi connectivity index (χ1) is 11.0. The van der Waals surface area contributed by atoms with Gasteiger partial charge in [-0.25, -0.2) is 0 Å². The predicted octanol–water partition coefficient (Wildman–Crippen LogP) is -6.50. The second-order valence-corrected chi connectivity index (χ2v) is 7.55. The Kier molecular flexibility index (Phi) is 17.2. The molecule has 0 heterocycles. The zero-order valence-electron chi connectivity index (χ0n) is 17.0. The minimum atomic E-state index is -1.24. The van der Waals surface area contributed by atoms with E-state index < -0.39 is 29.6 Å². The molecular formula is C17H33ClN3NaO4. The standard InChI is InChI=1S/C17H33N3O4.ClH.Na/c1-6-13(15(18)21)11-14(17(23)24)10-12(2)16(22)19-8-7-9-20(3,4)5;;/h12-14H,6-11H2,1-5H3,(H3-,18,19,21,22,23,24);1H;/q;;+1/p-1. The van der Waals surface area contributed by atoms with E-state index in [0.717, 1.165) is 17.4 Å². The van der Waals surface area contributed by atoms with Crippen molar-refractivity contribution in [2.24, 2.45) is 23.5 Å². The number of aliphatic carboxylic acids is 1.